The second-order valence-corrected chi connectivity index (χ2v) is 8.43. The summed E-state index contributed by atoms with van der Waals surface area (Å²) in [6, 6.07) is 4.68. The van der Waals surface area contributed by atoms with Crippen LogP contribution in [0.2, 0.25) is 0 Å². The second kappa shape index (κ2) is 8.08. The average molecular weight is 452 g/mol. The molecule has 0 spiro atoms. The second-order valence-electron chi connectivity index (χ2n) is 8.43. The summed E-state index contributed by atoms with van der Waals surface area (Å²) in [6.07, 6.45) is -0.962. The summed E-state index contributed by atoms with van der Waals surface area (Å²) in [5.74, 6) is -0.427. The summed E-state index contributed by atoms with van der Waals surface area (Å²) >= 11 is 0. The molecule has 1 aliphatic heterocycles. The van der Waals surface area contributed by atoms with Crippen molar-refractivity contribution in [2.45, 2.75) is 38.1 Å². The lowest BCUT2D eigenvalue weighted by atomic mass is 10.0. The normalized spacial score (nSPS) is 20.2. The van der Waals surface area contributed by atoms with Crippen molar-refractivity contribution in [3.05, 3.63) is 64.6 Å². The molecule has 1 aliphatic carbocycles. The monoisotopic (exact) mass is 452 g/mol. The van der Waals surface area contributed by atoms with Gasteiger partial charge in [0.1, 0.15) is 23.0 Å². The number of hydrogen-bond acceptors (Lipinski definition) is 4. The molecule has 0 amide bonds. The maximum absolute atomic E-state index is 14.2. The first-order valence-electron chi connectivity index (χ1n) is 10.5. The third-order valence-electron chi connectivity index (χ3n) is 6.04. The first-order valence-corrected chi connectivity index (χ1v) is 10.5. The molecule has 1 saturated carbocycles. The lowest BCUT2D eigenvalue weighted by Crippen LogP contribution is -2.38. The van der Waals surface area contributed by atoms with Gasteiger partial charge in [0.15, 0.2) is 5.65 Å². The predicted molar refractivity (Wildman–Crippen MR) is 105 cm³/mol. The van der Waals surface area contributed by atoms with E-state index in [9.17, 15) is 22.0 Å². The Balaban J connectivity index is 1.42. The van der Waals surface area contributed by atoms with E-state index in [-0.39, 0.29) is 36.5 Å². The highest BCUT2D eigenvalue weighted by Gasteiger charge is 2.38. The number of morpholine rings is 1. The molecule has 3 aromatic rings. The molecule has 0 N–H and O–H groups in total. The molecular weight excluding hydrogens is 431 g/mol. The number of ether oxygens (including phenoxy) is 1. The van der Waals surface area contributed by atoms with E-state index in [0.717, 1.165) is 25.0 Å². The summed E-state index contributed by atoms with van der Waals surface area (Å²) in [6.45, 7) is 0.798. The molecule has 3 heterocycles. The largest absolute Gasteiger partial charge is 0.420 e. The summed E-state index contributed by atoms with van der Waals surface area (Å²) in [4.78, 5) is 1.78. The van der Waals surface area contributed by atoms with Gasteiger partial charge in [0, 0.05) is 43.9 Å². The Labute approximate surface area is 180 Å². The van der Waals surface area contributed by atoms with Gasteiger partial charge in [-0.3, -0.25) is 9.30 Å². The van der Waals surface area contributed by atoms with Gasteiger partial charge in [-0.1, -0.05) is 6.07 Å². The van der Waals surface area contributed by atoms with Crippen LogP contribution in [0.5, 0.6) is 0 Å². The first kappa shape index (κ1) is 21.3. The van der Waals surface area contributed by atoms with Crippen molar-refractivity contribution in [1.29, 1.82) is 0 Å². The van der Waals surface area contributed by atoms with Gasteiger partial charge in [-0.05, 0) is 36.5 Å². The van der Waals surface area contributed by atoms with Gasteiger partial charge in [0.05, 0.1) is 12.7 Å². The van der Waals surface area contributed by atoms with Gasteiger partial charge in [-0.25, -0.2) is 8.78 Å². The summed E-state index contributed by atoms with van der Waals surface area (Å²) in [5.41, 5.74) is -0.731. The molecule has 1 aromatic carbocycles. The molecular formula is C22H21F5N4O. The topological polar surface area (TPSA) is 42.7 Å². The Morgan fingerprint density at radius 3 is 2.62 bits per heavy atom. The Kier molecular flexibility index (Phi) is 5.37. The van der Waals surface area contributed by atoms with Gasteiger partial charge >= 0.3 is 6.18 Å². The molecule has 0 radical (unpaired) electrons. The lowest BCUT2D eigenvalue weighted by molar-refractivity contribution is -0.137. The third-order valence-corrected chi connectivity index (χ3v) is 6.04. The number of benzene rings is 1. The number of aromatic nitrogens is 3. The number of rotatable bonds is 5. The van der Waals surface area contributed by atoms with Crippen molar-refractivity contribution in [3.8, 4) is 0 Å². The number of alkyl halides is 3. The summed E-state index contributed by atoms with van der Waals surface area (Å²) in [5, 5.41) is 7.88. The fourth-order valence-corrected chi connectivity index (χ4v) is 4.24. The van der Waals surface area contributed by atoms with Crippen LogP contribution in [0.25, 0.3) is 5.65 Å². The van der Waals surface area contributed by atoms with Crippen molar-refractivity contribution in [1.82, 2.24) is 19.5 Å². The fraction of sp³-hybridized carbons (Fsp3) is 0.455. The van der Waals surface area contributed by atoms with Crippen LogP contribution < -0.4 is 0 Å². The molecule has 32 heavy (non-hydrogen) atoms. The summed E-state index contributed by atoms with van der Waals surface area (Å²) in [7, 11) is 0. The molecule has 0 bridgehead atoms. The van der Waals surface area contributed by atoms with Crippen LogP contribution in [0.3, 0.4) is 0 Å². The van der Waals surface area contributed by atoms with Crippen LogP contribution in [-0.4, -0.2) is 39.2 Å². The molecule has 5 nitrogen and oxygen atoms in total. The van der Waals surface area contributed by atoms with Crippen LogP contribution in [0.4, 0.5) is 22.0 Å². The van der Waals surface area contributed by atoms with E-state index >= 15 is 0 Å². The Morgan fingerprint density at radius 2 is 1.91 bits per heavy atom. The zero-order chi connectivity index (χ0) is 22.5. The average Bonchev–Trinajstić information content (AvgIpc) is 3.46. The van der Waals surface area contributed by atoms with Crippen LogP contribution in [0.1, 0.15) is 41.5 Å². The zero-order valence-electron chi connectivity index (χ0n) is 17.1. The number of halogens is 5. The number of nitrogens with zero attached hydrogens (tertiary/aromatic N) is 4. The standard InChI is InChI=1S/C22H21F5N4O/c23-15-3-4-16(17(24)10-15)18-12-30(7-8-32-18)11-14-5-6-31-19(9-13-1-2-13)28-29-21(31)20(14)22(25,26)27/h3-6,10,13,18H,1-2,7-9,11-12H2/t18-/m1/s1. The van der Waals surface area contributed by atoms with Crippen LogP contribution in [-0.2, 0) is 23.9 Å². The molecule has 1 saturated heterocycles. The highest BCUT2D eigenvalue weighted by atomic mass is 19.4. The van der Waals surface area contributed by atoms with E-state index in [0.29, 0.717) is 24.7 Å². The third kappa shape index (κ3) is 4.21. The van der Waals surface area contributed by atoms with Crippen molar-refractivity contribution < 1.29 is 26.7 Å². The Hall–Kier alpha value is -2.59. The van der Waals surface area contributed by atoms with E-state index in [1.54, 1.807) is 11.1 Å². The SMILES string of the molecule is Fc1ccc([C@H]2CN(Cc3ccn4c(CC5CC5)nnc4c3C(F)(F)F)CCO2)c(F)c1. The number of fused-ring (bicyclic) bond motifs is 1. The molecule has 170 valence electrons. The minimum Gasteiger partial charge on any atom is -0.371 e. The minimum atomic E-state index is -4.60. The smallest absolute Gasteiger partial charge is 0.371 e. The van der Waals surface area contributed by atoms with Crippen molar-refractivity contribution in [3.63, 3.8) is 0 Å². The van der Waals surface area contributed by atoms with Crippen LogP contribution in [0, 0.1) is 17.6 Å². The molecule has 0 unspecified atom stereocenters. The minimum absolute atomic E-state index is 0.00116. The fourth-order valence-electron chi connectivity index (χ4n) is 4.24. The highest BCUT2D eigenvalue weighted by molar-refractivity contribution is 5.53. The van der Waals surface area contributed by atoms with Crippen LogP contribution >= 0.6 is 0 Å². The van der Waals surface area contributed by atoms with Gasteiger partial charge < -0.3 is 4.74 Å². The van der Waals surface area contributed by atoms with Crippen molar-refractivity contribution >= 4 is 5.65 Å². The van der Waals surface area contributed by atoms with Crippen LogP contribution in [0.15, 0.2) is 30.5 Å². The zero-order valence-corrected chi connectivity index (χ0v) is 17.1. The molecule has 2 aromatic heterocycles. The number of pyridine rings is 1. The Bertz CT molecular complexity index is 1140. The maximum Gasteiger partial charge on any atom is 0.420 e. The molecule has 5 rings (SSSR count). The van der Waals surface area contributed by atoms with E-state index in [4.69, 9.17) is 4.74 Å². The van der Waals surface area contributed by atoms with Crippen molar-refractivity contribution in [2.75, 3.05) is 19.7 Å². The van der Waals surface area contributed by atoms with E-state index in [1.807, 2.05) is 0 Å². The van der Waals surface area contributed by atoms with Crippen molar-refractivity contribution in [2.24, 2.45) is 5.92 Å². The van der Waals surface area contributed by atoms with E-state index in [2.05, 4.69) is 10.2 Å². The molecule has 10 heteroatoms. The van der Waals surface area contributed by atoms with Gasteiger partial charge in [-0.15, -0.1) is 10.2 Å². The molecule has 2 fully saturated rings. The first-order chi connectivity index (χ1) is 15.3. The van der Waals surface area contributed by atoms with Gasteiger partial charge in [0.25, 0.3) is 0 Å². The predicted octanol–water partition coefficient (Wildman–Crippen LogP) is 4.55. The quantitative estimate of drug-likeness (QED) is 0.533. The van der Waals surface area contributed by atoms with Gasteiger partial charge in [0.2, 0.25) is 0 Å². The van der Waals surface area contributed by atoms with E-state index in [1.165, 1.54) is 16.5 Å². The lowest BCUT2D eigenvalue weighted by Gasteiger charge is -2.33. The number of hydrogen-bond donors (Lipinski definition) is 0. The van der Waals surface area contributed by atoms with E-state index < -0.39 is 29.5 Å². The highest BCUT2D eigenvalue weighted by Crippen LogP contribution is 2.37. The molecule has 1 atom stereocenters. The maximum atomic E-state index is 14.2. The Morgan fingerprint density at radius 1 is 1.09 bits per heavy atom. The summed E-state index contributed by atoms with van der Waals surface area (Å²) < 4.78 is 76.6. The molecule has 2 aliphatic rings. The van der Waals surface area contributed by atoms with Gasteiger partial charge in [-0.2, -0.15) is 13.2 Å².